The van der Waals surface area contributed by atoms with Crippen molar-refractivity contribution < 1.29 is 23.5 Å². The van der Waals surface area contributed by atoms with Crippen molar-refractivity contribution in [3.63, 3.8) is 0 Å². The fraction of sp³-hybridized carbons (Fsp3) is 0.292. The van der Waals surface area contributed by atoms with Crippen LogP contribution in [-0.4, -0.2) is 26.1 Å². The van der Waals surface area contributed by atoms with Crippen LogP contribution in [0.1, 0.15) is 65.2 Å². The summed E-state index contributed by atoms with van der Waals surface area (Å²) in [6, 6.07) is 13.5. The predicted octanol–water partition coefficient (Wildman–Crippen LogP) is 5.00. The van der Waals surface area contributed by atoms with E-state index < -0.39 is 29.7 Å². The van der Waals surface area contributed by atoms with Gasteiger partial charge in [0.05, 0.1) is 12.1 Å². The summed E-state index contributed by atoms with van der Waals surface area (Å²) in [6.07, 6.45) is -2.24. The van der Waals surface area contributed by atoms with E-state index in [2.05, 4.69) is 0 Å². The van der Waals surface area contributed by atoms with Crippen LogP contribution in [0, 0.1) is 0 Å². The Morgan fingerprint density at radius 2 is 1.69 bits per heavy atom. The molecule has 32 heavy (non-hydrogen) atoms. The Morgan fingerprint density at radius 1 is 1.03 bits per heavy atom. The van der Waals surface area contributed by atoms with Crippen LogP contribution in [-0.2, 0) is 13.0 Å². The second kappa shape index (κ2) is 9.72. The van der Waals surface area contributed by atoms with E-state index in [4.69, 9.17) is 0 Å². The van der Waals surface area contributed by atoms with E-state index in [9.17, 15) is 28.3 Å². The van der Waals surface area contributed by atoms with E-state index in [0.29, 0.717) is 27.7 Å². The lowest BCUT2D eigenvalue weighted by molar-refractivity contribution is 0.0697. The Kier molecular flexibility index (Phi) is 7.02. The first-order chi connectivity index (χ1) is 15.3. The normalized spacial score (nSPS) is 11.2. The smallest absolute Gasteiger partial charge is 0.336 e. The summed E-state index contributed by atoms with van der Waals surface area (Å²) in [7, 11) is 0. The topological polar surface area (TPSA) is 81.3 Å². The Hall–Kier alpha value is -3.55. The van der Waals surface area contributed by atoms with Gasteiger partial charge in [0.25, 0.3) is 6.43 Å². The van der Waals surface area contributed by atoms with Crippen molar-refractivity contribution in [1.29, 1.82) is 0 Å². The van der Waals surface area contributed by atoms with E-state index in [0.717, 1.165) is 0 Å². The number of aromatic nitrogens is 2. The van der Waals surface area contributed by atoms with Crippen molar-refractivity contribution in [2.45, 2.75) is 46.1 Å². The molecule has 0 unspecified atom stereocenters. The lowest BCUT2D eigenvalue weighted by Gasteiger charge is -2.10. The number of rotatable bonds is 8. The first-order valence-corrected chi connectivity index (χ1v) is 10.4. The number of imidazole rings is 1. The van der Waals surface area contributed by atoms with Gasteiger partial charge in [0.2, 0.25) is 5.91 Å². The average Bonchev–Trinajstić information content (AvgIpc) is 3.05. The largest absolute Gasteiger partial charge is 0.478 e. The van der Waals surface area contributed by atoms with Crippen molar-refractivity contribution in [3.05, 3.63) is 81.5 Å². The number of benzene rings is 2. The van der Waals surface area contributed by atoms with Gasteiger partial charge in [-0.2, -0.15) is 0 Å². The monoisotopic (exact) mass is 442 g/mol. The molecule has 2 aromatic carbocycles. The molecule has 0 amide bonds. The molecule has 0 fully saturated rings. The maximum Gasteiger partial charge on any atom is 0.336 e. The molecule has 0 aliphatic carbocycles. The third-order valence-corrected chi connectivity index (χ3v) is 5.29. The van der Waals surface area contributed by atoms with Crippen LogP contribution < -0.4 is 5.69 Å². The molecule has 0 radical (unpaired) electrons. The number of carbonyl (C=O) groups is 2. The summed E-state index contributed by atoms with van der Waals surface area (Å²) in [5.74, 6) is -1.70. The molecule has 1 aromatic heterocycles. The van der Waals surface area contributed by atoms with Crippen molar-refractivity contribution in [3.8, 4) is 11.1 Å². The molecule has 1 N–H and O–H groups in total. The fourth-order valence-electron chi connectivity index (χ4n) is 3.79. The summed E-state index contributed by atoms with van der Waals surface area (Å²) >= 11 is 0. The molecular weight excluding hydrogens is 418 g/mol. The van der Waals surface area contributed by atoms with Gasteiger partial charge in [0.1, 0.15) is 5.69 Å². The lowest BCUT2D eigenvalue weighted by Crippen LogP contribution is -2.30. The lowest BCUT2D eigenvalue weighted by atomic mass is 9.99. The minimum Gasteiger partial charge on any atom is -0.478 e. The number of hydrogen-bond donors (Lipinski definition) is 1. The SMILES string of the molecule is CCCc1c(C(F)F)n(C(=O)CC)c(=O)n1Cc1ccc(-c2ccccc2C(=O)O)cc1. The summed E-state index contributed by atoms with van der Waals surface area (Å²) in [5, 5.41) is 9.40. The van der Waals surface area contributed by atoms with Gasteiger partial charge in [0, 0.05) is 12.1 Å². The second-order valence-electron chi connectivity index (χ2n) is 7.38. The molecule has 0 saturated heterocycles. The average molecular weight is 442 g/mol. The van der Waals surface area contributed by atoms with Crippen LogP contribution in [0.25, 0.3) is 11.1 Å². The first kappa shape index (κ1) is 23.1. The van der Waals surface area contributed by atoms with E-state index in [1.165, 1.54) is 17.6 Å². The summed E-state index contributed by atoms with van der Waals surface area (Å²) < 4.78 is 29.5. The van der Waals surface area contributed by atoms with Gasteiger partial charge in [-0.05, 0) is 29.2 Å². The Morgan fingerprint density at radius 3 is 2.25 bits per heavy atom. The van der Waals surface area contributed by atoms with E-state index in [1.807, 2.05) is 6.92 Å². The van der Waals surface area contributed by atoms with Gasteiger partial charge in [0.15, 0.2) is 0 Å². The molecule has 6 nitrogen and oxygen atoms in total. The molecule has 0 aliphatic heterocycles. The van der Waals surface area contributed by atoms with Gasteiger partial charge < -0.3 is 5.11 Å². The highest BCUT2D eigenvalue weighted by molar-refractivity contribution is 5.96. The van der Waals surface area contributed by atoms with Gasteiger partial charge in [-0.25, -0.2) is 22.9 Å². The highest BCUT2D eigenvalue weighted by atomic mass is 19.3. The molecular formula is C24H24F2N2O4. The summed E-state index contributed by atoms with van der Waals surface area (Å²) in [6.45, 7) is 3.37. The number of aromatic carboxylic acids is 1. The predicted molar refractivity (Wildman–Crippen MR) is 117 cm³/mol. The molecule has 0 bridgehead atoms. The van der Waals surface area contributed by atoms with Crippen molar-refractivity contribution in [2.24, 2.45) is 0 Å². The molecule has 8 heteroatoms. The highest BCUT2D eigenvalue weighted by Crippen LogP contribution is 2.26. The number of hydrogen-bond acceptors (Lipinski definition) is 3. The number of carboxylic acid groups (broad SMARTS) is 1. The molecule has 0 aliphatic rings. The van der Waals surface area contributed by atoms with E-state index in [1.54, 1.807) is 42.5 Å². The molecule has 0 saturated carbocycles. The standard InChI is InChI=1S/C24H24F2N2O4/c1-3-7-19-21(22(25)26)28(20(29)4-2)24(32)27(19)14-15-10-12-16(13-11-15)17-8-5-6-9-18(17)23(30)31/h5-6,8-13,22H,3-4,7,14H2,1-2H3,(H,30,31). The van der Waals surface area contributed by atoms with Crippen LogP contribution in [0.5, 0.6) is 0 Å². The van der Waals surface area contributed by atoms with Crippen molar-refractivity contribution in [2.75, 3.05) is 0 Å². The maximum atomic E-state index is 13.8. The second-order valence-corrected chi connectivity index (χ2v) is 7.38. The first-order valence-electron chi connectivity index (χ1n) is 10.4. The van der Waals surface area contributed by atoms with Crippen molar-refractivity contribution >= 4 is 11.9 Å². The minimum absolute atomic E-state index is 0.0265. The highest BCUT2D eigenvalue weighted by Gasteiger charge is 2.28. The summed E-state index contributed by atoms with van der Waals surface area (Å²) in [4.78, 5) is 36.6. The molecule has 3 aromatic rings. The summed E-state index contributed by atoms with van der Waals surface area (Å²) in [5.41, 5.74) is 0.928. The molecule has 168 valence electrons. The van der Waals surface area contributed by atoms with Gasteiger partial charge in [-0.15, -0.1) is 0 Å². The third-order valence-electron chi connectivity index (χ3n) is 5.29. The van der Waals surface area contributed by atoms with Gasteiger partial charge in [-0.3, -0.25) is 9.36 Å². The minimum atomic E-state index is -2.95. The van der Waals surface area contributed by atoms with Crippen LogP contribution in [0.3, 0.4) is 0 Å². The van der Waals surface area contributed by atoms with E-state index >= 15 is 0 Å². The molecule has 1 heterocycles. The zero-order valence-electron chi connectivity index (χ0n) is 17.8. The zero-order valence-corrected chi connectivity index (χ0v) is 17.8. The number of halogens is 2. The Bertz CT molecular complexity index is 1190. The van der Waals surface area contributed by atoms with Crippen molar-refractivity contribution in [1.82, 2.24) is 9.13 Å². The molecule has 3 rings (SSSR count). The maximum absolute atomic E-state index is 13.8. The van der Waals surface area contributed by atoms with Crippen LogP contribution in [0.15, 0.2) is 53.3 Å². The number of nitrogens with zero attached hydrogens (tertiary/aromatic N) is 2. The van der Waals surface area contributed by atoms with Gasteiger partial charge in [-0.1, -0.05) is 62.7 Å². The quantitative estimate of drug-likeness (QED) is 0.532. The zero-order chi connectivity index (χ0) is 23.4. The molecule has 0 spiro atoms. The fourth-order valence-corrected chi connectivity index (χ4v) is 3.79. The Balaban J connectivity index is 2.03. The van der Waals surface area contributed by atoms with Crippen LogP contribution in [0.2, 0.25) is 0 Å². The van der Waals surface area contributed by atoms with E-state index in [-0.39, 0.29) is 30.6 Å². The van der Waals surface area contributed by atoms with Crippen LogP contribution >= 0.6 is 0 Å². The Labute approximate surface area is 183 Å². The van der Waals surface area contributed by atoms with Crippen LogP contribution in [0.4, 0.5) is 8.78 Å². The number of alkyl halides is 2. The number of carboxylic acids is 1. The third kappa shape index (κ3) is 4.39. The number of carbonyl (C=O) groups excluding carboxylic acids is 1. The molecule has 0 atom stereocenters. The van der Waals surface area contributed by atoms with Gasteiger partial charge >= 0.3 is 11.7 Å².